The van der Waals surface area contributed by atoms with Crippen molar-refractivity contribution in [3.63, 3.8) is 0 Å². The molecule has 106 valence electrons. The molecular formula is C15H19N3O2. The van der Waals surface area contributed by atoms with Crippen molar-refractivity contribution < 1.29 is 9.47 Å². The number of aromatic nitrogens is 2. The minimum absolute atomic E-state index is 0.165. The first-order valence-electron chi connectivity index (χ1n) is 6.61. The maximum Gasteiger partial charge on any atom is 0.179 e. The number of rotatable bonds is 3. The minimum Gasteiger partial charge on any atom is -0.376 e. The summed E-state index contributed by atoms with van der Waals surface area (Å²) in [5.41, 5.74) is 4.37. The van der Waals surface area contributed by atoms with E-state index in [1.165, 1.54) is 5.56 Å². The molecule has 2 aromatic rings. The standard InChI is InChI=1S/C15H19N3O2/c1-10-7-11(17(2)3)15-12(8-10)18(9-16-15)13-5-6-14(19-4)20-13/h5-9,13-14H,1-4H3. The average Bonchev–Trinajstić information content (AvgIpc) is 3.02. The molecule has 5 heteroatoms. The summed E-state index contributed by atoms with van der Waals surface area (Å²) in [6.07, 6.45) is 5.29. The van der Waals surface area contributed by atoms with Crippen molar-refractivity contribution in [3.05, 3.63) is 36.2 Å². The predicted octanol–water partition coefficient (Wildman–Crippen LogP) is 2.47. The first-order chi connectivity index (χ1) is 9.60. The zero-order valence-electron chi connectivity index (χ0n) is 12.2. The van der Waals surface area contributed by atoms with Gasteiger partial charge in [0.25, 0.3) is 0 Å². The lowest BCUT2D eigenvalue weighted by Crippen LogP contribution is -2.13. The van der Waals surface area contributed by atoms with Gasteiger partial charge in [-0.25, -0.2) is 4.98 Å². The SMILES string of the molecule is COC1C=CC(n2cnc3c(N(C)C)cc(C)cc32)O1. The van der Waals surface area contributed by atoms with E-state index in [0.29, 0.717) is 0 Å². The van der Waals surface area contributed by atoms with Crippen molar-refractivity contribution in [1.82, 2.24) is 9.55 Å². The zero-order chi connectivity index (χ0) is 14.3. The third-order valence-corrected chi connectivity index (χ3v) is 3.50. The molecular weight excluding hydrogens is 254 g/mol. The second-order valence-corrected chi connectivity index (χ2v) is 5.21. The van der Waals surface area contributed by atoms with Crippen LogP contribution >= 0.6 is 0 Å². The van der Waals surface area contributed by atoms with E-state index in [1.54, 1.807) is 7.11 Å². The van der Waals surface area contributed by atoms with Crippen LogP contribution in [0, 0.1) is 6.92 Å². The Kier molecular flexibility index (Phi) is 3.23. The molecule has 3 rings (SSSR count). The van der Waals surface area contributed by atoms with Gasteiger partial charge in [-0.3, -0.25) is 4.57 Å². The molecule has 5 nitrogen and oxygen atoms in total. The summed E-state index contributed by atoms with van der Waals surface area (Å²) in [5, 5.41) is 0. The minimum atomic E-state index is -0.282. The second kappa shape index (κ2) is 4.92. The normalized spacial score (nSPS) is 21.8. The van der Waals surface area contributed by atoms with Crippen LogP contribution in [0.4, 0.5) is 5.69 Å². The Balaban J connectivity index is 2.08. The van der Waals surface area contributed by atoms with E-state index in [2.05, 4.69) is 28.9 Å². The summed E-state index contributed by atoms with van der Waals surface area (Å²) in [6, 6.07) is 4.27. The van der Waals surface area contributed by atoms with Crippen LogP contribution in [0.3, 0.4) is 0 Å². The van der Waals surface area contributed by atoms with Gasteiger partial charge in [0.05, 0.1) is 17.5 Å². The first kappa shape index (κ1) is 13.1. The van der Waals surface area contributed by atoms with E-state index in [9.17, 15) is 0 Å². The van der Waals surface area contributed by atoms with Crippen LogP contribution in [0.2, 0.25) is 0 Å². The maximum atomic E-state index is 5.78. The maximum absolute atomic E-state index is 5.78. The van der Waals surface area contributed by atoms with Gasteiger partial charge in [-0.05, 0) is 36.8 Å². The van der Waals surface area contributed by atoms with Crippen molar-refractivity contribution >= 4 is 16.7 Å². The molecule has 0 spiro atoms. The number of aryl methyl sites for hydroxylation is 1. The first-order valence-corrected chi connectivity index (χ1v) is 6.61. The third kappa shape index (κ3) is 2.09. The van der Waals surface area contributed by atoms with Crippen LogP contribution in [0.5, 0.6) is 0 Å². The molecule has 0 N–H and O–H groups in total. The molecule has 20 heavy (non-hydrogen) atoms. The van der Waals surface area contributed by atoms with E-state index in [4.69, 9.17) is 9.47 Å². The Morgan fingerprint density at radius 1 is 1.30 bits per heavy atom. The molecule has 1 aromatic heterocycles. The van der Waals surface area contributed by atoms with Gasteiger partial charge in [-0.1, -0.05) is 0 Å². The van der Waals surface area contributed by atoms with Crippen molar-refractivity contribution in [2.45, 2.75) is 19.4 Å². The smallest absolute Gasteiger partial charge is 0.179 e. The van der Waals surface area contributed by atoms with E-state index in [1.807, 2.05) is 37.1 Å². The lowest BCUT2D eigenvalue weighted by molar-refractivity contribution is -0.117. The molecule has 1 aliphatic rings. The van der Waals surface area contributed by atoms with Gasteiger partial charge in [-0.2, -0.15) is 0 Å². The number of hydrogen-bond donors (Lipinski definition) is 0. The number of ether oxygens (including phenoxy) is 2. The Morgan fingerprint density at radius 2 is 2.10 bits per heavy atom. The molecule has 0 saturated carbocycles. The molecule has 0 amide bonds. The number of nitrogens with zero attached hydrogens (tertiary/aromatic N) is 3. The molecule has 0 bridgehead atoms. The van der Waals surface area contributed by atoms with Gasteiger partial charge in [0, 0.05) is 21.2 Å². The highest BCUT2D eigenvalue weighted by Crippen LogP contribution is 2.30. The van der Waals surface area contributed by atoms with Crippen LogP contribution in [-0.4, -0.2) is 37.0 Å². The van der Waals surface area contributed by atoms with Crippen LogP contribution in [0.15, 0.2) is 30.6 Å². The van der Waals surface area contributed by atoms with E-state index in [0.717, 1.165) is 16.7 Å². The topological polar surface area (TPSA) is 39.5 Å². The largest absolute Gasteiger partial charge is 0.376 e. The highest BCUT2D eigenvalue weighted by molar-refractivity contribution is 5.89. The Morgan fingerprint density at radius 3 is 2.75 bits per heavy atom. The number of hydrogen-bond acceptors (Lipinski definition) is 4. The fourth-order valence-corrected chi connectivity index (χ4v) is 2.50. The molecule has 1 aromatic carbocycles. The van der Waals surface area contributed by atoms with Gasteiger partial charge in [0.2, 0.25) is 0 Å². The van der Waals surface area contributed by atoms with E-state index >= 15 is 0 Å². The Labute approximate surface area is 118 Å². The Bertz CT molecular complexity index is 660. The molecule has 0 radical (unpaired) electrons. The molecule has 2 unspecified atom stereocenters. The quantitative estimate of drug-likeness (QED) is 0.805. The van der Waals surface area contributed by atoms with Crippen molar-refractivity contribution in [2.24, 2.45) is 0 Å². The fraction of sp³-hybridized carbons (Fsp3) is 0.400. The second-order valence-electron chi connectivity index (χ2n) is 5.21. The van der Waals surface area contributed by atoms with Gasteiger partial charge >= 0.3 is 0 Å². The monoisotopic (exact) mass is 273 g/mol. The third-order valence-electron chi connectivity index (χ3n) is 3.50. The van der Waals surface area contributed by atoms with Crippen molar-refractivity contribution in [3.8, 4) is 0 Å². The van der Waals surface area contributed by atoms with Crippen molar-refractivity contribution in [1.29, 1.82) is 0 Å². The zero-order valence-corrected chi connectivity index (χ0v) is 12.2. The number of methoxy groups -OCH3 is 1. The molecule has 0 fully saturated rings. The van der Waals surface area contributed by atoms with Crippen LogP contribution in [-0.2, 0) is 9.47 Å². The van der Waals surface area contributed by atoms with Gasteiger partial charge in [0.1, 0.15) is 5.52 Å². The molecule has 0 aliphatic carbocycles. The van der Waals surface area contributed by atoms with Crippen LogP contribution in [0.1, 0.15) is 11.8 Å². The summed E-state index contributed by atoms with van der Waals surface area (Å²) >= 11 is 0. The van der Waals surface area contributed by atoms with Crippen LogP contribution < -0.4 is 4.90 Å². The van der Waals surface area contributed by atoms with E-state index < -0.39 is 0 Å². The fourth-order valence-electron chi connectivity index (χ4n) is 2.50. The molecule has 0 saturated heterocycles. The predicted molar refractivity (Wildman–Crippen MR) is 78.9 cm³/mol. The van der Waals surface area contributed by atoms with E-state index in [-0.39, 0.29) is 12.5 Å². The highest BCUT2D eigenvalue weighted by atomic mass is 16.7. The average molecular weight is 273 g/mol. The summed E-state index contributed by atoms with van der Waals surface area (Å²) in [6.45, 7) is 2.09. The number of benzene rings is 1. The summed E-state index contributed by atoms with van der Waals surface area (Å²) in [4.78, 5) is 6.62. The van der Waals surface area contributed by atoms with Crippen molar-refractivity contribution in [2.75, 3.05) is 26.1 Å². The number of imidazole rings is 1. The highest BCUT2D eigenvalue weighted by Gasteiger charge is 2.22. The summed E-state index contributed by atoms with van der Waals surface area (Å²) in [7, 11) is 5.69. The Hall–Kier alpha value is -1.85. The lowest BCUT2D eigenvalue weighted by atomic mass is 10.1. The van der Waals surface area contributed by atoms with Gasteiger partial charge in [0.15, 0.2) is 12.5 Å². The number of anilines is 1. The molecule has 2 atom stereocenters. The summed E-state index contributed by atoms with van der Waals surface area (Å²) < 4.78 is 13.0. The molecule has 1 aliphatic heterocycles. The van der Waals surface area contributed by atoms with Gasteiger partial charge < -0.3 is 14.4 Å². The number of fused-ring (bicyclic) bond motifs is 1. The molecule has 2 heterocycles. The van der Waals surface area contributed by atoms with Gasteiger partial charge in [-0.15, -0.1) is 0 Å². The summed E-state index contributed by atoms with van der Waals surface area (Å²) in [5.74, 6) is 0. The van der Waals surface area contributed by atoms with Crippen LogP contribution in [0.25, 0.3) is 11.0 Å². The lowest BCUT2D eigenvalue weighted by Gasteiger charge is -2.17.